The van der Waals surface area contributed by atoms with Gasteiger partial charge in [-0.2, -0.15) is 0 Å². The van der Waals surface area contributed by atoms with E-state index in [4.69, 9.17) is 4.74 Å². The fourth-order valence-corrected chi connectivity index (χ4v) is 4.68. The maximum absolute atomic E-state index is 13.3. The van der Waals surface area contributed by atoms with Crippen LogP contribution in [0.1, 0.15) is 22.7 Å². The normalized spacial score (nSPS) is 15.9. The molecule has 0 saturated heterocycles. The smallest absolute Gasteiger partial charge is 0.290 e. The van der Waals surface area contributed by atoms with Gasteiger partial charge in [-0.15, -0.1) is 0 Å². The number of rotatable bonds is 8. The van der Waals surface area contributed by atoms with Crippen LogP contribution in [0.25, 0.3) is 17.0 Å². The van der Waals surface area contributed by atoms with Crippen molar-refractivity contribution in [1.82, 2.24) is 9.88 Å². The van der Waals surface area contributed by atoms with Crippen LogP contribution in [0.2, 0.25) is 0 Å². The Morgan fingerprint density at radius 1 is 1.06 bits per heavy atom. The third-order valence-electron chi connectivity index (χ3n) is 6.51. The topological polar surface area (TPSA) is 82.6 Å². The maximum Gasteiger partial charge on any atom is 0.290 e. The summed E-state index contributed by atoms with van der Waals surface area (Å²) in [4.78, 5) is 31.3. The van der Waals surface area contributed by atoms with E-state index in [1.165, 1.54) is 6.08 Å². The number of carbonyl (C=O) groups excluding carboxylic acids is 2. The van der Waals surface area contributed by atoms with Gasteiger partial charge in [0.05, 0.1) is 18.7 Å². The lowest BCUT2D eigenvalue weighted by Gasteiger charge is -2.26. The first-order valence-corrected chi connectivity index (χ1v) is 11.8. The first kappa shape index (κ1) is 23.2. The standard InChI is InChI=1S/C30H26N2O4/c1-36-23-13-14-25-24(18-23)22(19-31-25)16-17-32-28(21-10-6-3-7-11-21)27(29(34)30(32)35)26(33)15-12-20-8-4-2-5-9-20/h2-15,18-19,28,31,34H,16-17H2,1H3/b15-12+. The summed E-state index contributed by atoms with van der Waals surface area (Å²) in [7, 11) is 1.63. The molecule has 5 rings (SSSR count). The van der Waals surface area contributed by atoms with Gasteiger partial charge in [0.25, 0.3) is 5.91 Å². The zero-order valence-corrected chi connectivity index (χ0v) is 19.8. The highest BCUT2D eigenvalue weighted by molar-refractivity contribution is 6.14. The first-order chi connectivity index (χ1) is 17.6. The van der Waals surface area contributed by atoms with Gasteiger partial charge in [-0.05, 0) is 47.4 Å². The predicted octanol–water partition coefficient (Wildman–Crippen LogP) is 5.40. The van der Waals surface area contributed by atoms with E-state index in [1.54, 1.807) is 18.1 Å². The second-order valence-electron chi connectivity index (χ2n) is 8.66. The molecule has 1 unspecified atom stereocenters. The number of ether oxygens (including phenoxy) is 1. The maximum atomic E-state index is 13.3. The van der Waals surface area contributed by atoms with Crippen LogP contribution in [-0.4, -0.2) is 40.3 Å². The minimum atomic E-state index is -0.675. The van der Waals surface area contributed by atoms with Crippen molar-refractivity contribution in [3.8, 4) is 5.75 Å². The molecule has 36 heavy (non-hydrogen) atoms. The number of nitrogens with one attached hydrogen (secondary N) is 1. The number of carbonyl (C=O) groups is 2. The van der Waals surface area contributed by atoms with E-state index in [-0.39, 0.29) is 5.57 Å². The van der Waals surface area contributed by atoms with Crippen molar-refractivity contribution in [2.24, 2.45) is 0 Å². The zero-order valence-electron chi connectivity index (χ0n) is 19.8. The van der Waals surface area contributed by atoms with Gasteiger partial charge in [-0.1, -0.05) is 66.7 Å². The molecule has 0 radical (unpaired) electrons. The van der Waals surface area contributed by atoms with Gasteiger partial charge in [-0.3, -0.25) is 9.59 Å². The van der Waals surface area contributed by atoms with Gasteiger partial charge in [0, 0.05) is 23.6 Å². The molecule has 0 saturated carbocycles. The molecule has 2 N–H and O–H groups in total. The number of fused-ring (bicyclic) bond motifs is 1. The van der Waals surface area contributed by atoms with Crippen LogP contribution < -0.4 is 4.74 Å². The quantitative estimate of drug-likeness (QED) is 0.332. The van der Waals surface area contributed by atoms with Crippen LogP contribution in [0.4, 0.5) is 0 Å². The van der Waals surface area contributed by atoms with Gasteiger partial charge in [0.1, 0.15) is 5.75 Å². The number of nitrogens with zero attached hydrogens (tertiary/aromatic N) is 1. The van der Waals surface area contributed by atoms with Crippen LogP contribution >= 0.6 is 0 Å². The third kappa shape index (κ3) is 4.41. The summed E-state index contributed by atoms with van der Waals surface area (Å²) < 4.78 is 5.36. The van der Waals surface area contributed by atoms with E-state index in [0.717, 1.165) is 33.3 Å². The highest BCUT2D eigenvalue weighted by atomic mass is 16.5. The lowest BCUT2D eigenvalue weighted by Crippen LogP contribution is -2.32. The number of aliphatic hydroxyl groups is 1. The molecule has 6 heteroatoms. The van der Waals surface area contributed by atoms with E-state index in [1.807, 2.05) is 85.1 Å². The average Bonchev–Trinajstić information content (AvgIpc) is 3.44. The molecule has 2 heterocycles. The lowest BCUT2D eigenvalue weighted by atomic mass is 9.95. The van der Waals surface area contributed by atoms with E-state index < -0.39 is 23.5 Å². The van der Waals surface area contributed by atoms with Crippen molar-refractivity contribution >= 4 is 28.7 Å². The monoisotopic (exact) mass is 478 g/mol. The largest absolute Gasteiger partial charge is 0.503 e. The minimum Gasteiger partial charge on any atom is -0.503 e. The number of amides is 1. The third-order valence-corrected chi connectivity index (χ3v) is 6.51. The Kier molecular flexibility index (Phi) is 6.41. The number of hydrogen-bond acceptors (Lipinski definition) is 4. The van der Waals surface area contributed by atoms with Crippen LogP contribution in [-0.2, 0) is 16.0 Å². The highest BCUT2D eigenvalue weighted by Crippen LogP contribution is 2.38. The highest BCUT2D eigenvalue weighted by Gasteiger charge is 2.42. The number of aliphatic hydroxyl groups excluding tert-OH is 1. The minimum absolute atomic E-state index is 0.0963. The molecule has 0 bridgehead atoms. The number of benzene rings is 3. The van der Waals surface area contributed by atoms with E-state index in [2.05, 4.69) is 4.98 Å². The Morgan fingerprint density at radius 2 is 1.78 bits per heavy atom. The summed E-state index contributed by atoms with van der Waals surface area (Å²) in [5.74, 6) is -0.678. The molecule has 4 aromatic rings. The summed E-state index contributed by atoms with van der Waals surface area (Å²) in [5.41, 5.74) is 3.72. The van der Waals surface area contributed by atoms with Crippen molar-refractivity contribution in [3.63, 3.8) is 0 Å². The Balaban J connectivity index is 1.45. The van der Waals surface area contributed by atoms with Gasteiger partial charge in [0.2, 0.25) is 0 Å². The lowest BCUT2D eigenvalue weighted by molar-refractivity contribution is -0.129. The number of aromatic amines is 1. The number of allylic oxidation sites excluding steroid dienone is 1. The predicted molar refractivity (Wildman–Crippen MR) is 140 cm³/mol. The first-order valence-electron chi connectivity index (χ1n) is 11.8. The molecule has 180 valence electrons. The molecule has 3 aromatic carbocycles. The molecule has 1 aromatic heterocycles. The van der Waals surface area contributed by atoms with Gasteiger partial charge < -0.3 is 19.7 Å². The summed E-state index contributed by atoms with van der Waals surface area (Å²) in [5, 5.41) is 11.8. The zero-order chi connectivity index (χ0) is 25.1. The molecular weight excluding hydrogens is 452 g/mol. The molecule has 0 fully saturated rings. The van der Waals surface area contributed by atoms with Crippen molar-refractivity contribution in [2.75, 3.05) is 13.7 Å². The van der Waals surface area contributed by atoms with E-state index >= 15 is 0 Å². The summed E-state index contributed by atoms with van der Waals surface area (Å²) in [6, 6.07) is 23.9. The second kappa shape index (κ2) is 9.96. The van der Waals surface area contributed by atoms with E-state index in [9.17, 15) is 14.7 Å². The number of methoxy groups -OCH3 is 1. The molecule has 1 atom stereocenters. The number of aromatic nitrogens is 1. The summed E-state index contributed by atoms with van der Waals surface area (Å²) >= 11 is 0. The second-order valence-corrected chi connectivity index (χ2v) is 8.66. The Hall–Kier alpha value is -4.58. The molecular formula is C30H26N2O4. The molecule has 0 aliphatic carbocycles. The fourth-order valence-electron chi connectivity index (χ4n) is 4.68. The summed E-state index contributed by atoms with van der Waals surface area (Å²) in [6.45, 7) is 0.325. The molecule has 1 aliphatic heterocycles. The average molecular weight is 479 g/mol. The Morgan fingerprint density at radius 3 is 2.50 bits per heavy atom. The van der Waals surface area contributed by atoms with Crippen LogP contribution in [0.5, 0.6) is 5.75 Å². The van der Waals surface area contributed by atoms with Crippen LogP contribution in [0, 0.1) is 0 Å². The van der Waals surface area contributed by atoms with Crippen LogP contribution in [0.15, 0.2) is 102 Å². The van der Waals surface area contributed by atoms with Crippen molar-refractivity contribution in [2.45, 2.75) is 12.5 Å². The SMILES string of the molecule is COc1ccc2[nH]cc(CCN3C(=O)C(O)=C(C(=O)/C=C/c4ccccc4)C3c3ccccc3)c2c1. The Labute approximate surface area is 209 Å². The number of ketones is 1. The van der Waals surface area contributed by atoms with Crippen LogP contribution in [0.3, 0.4) is 0 Å². The molecule has 0 spiro atoms. The fraction of sp³-hybridized carbons (Fsp3) is 0.133. The number of hydrogen-bond donors (Lipinski definition) is 2. The van der Waals surface area contributed by atoms with Gasteiger partial charge >= 0.3 is 0 Å². The van der Waals surface area contributed by atoms with Crippen molar-refractivity contribution < 1.29 is 19.4 Å². The van der Waals surface area contributed by atoms with Gasteiger partial charge in [0.15, 0.2) is 11.5 Å². The molecule has 1 aliphatic rings. The summed E-state index contributed by atoms with van der Waals surface area (Å²) in [6.07, 6.45) is 5.57. The van der Waals surface area contributed by atoms with Crippen molar-refractivity contribution in [1.29, 1.82) is 0 Å². The Bertz CT molecular complexity index is 1470. The molecule has 1 amide bonds. The van der Waals surface area contributed by atoms with Crippen molar-refractivity contribution in [3.05, 3.63) is 119 Å². The number of H-pyrrole nitrogens is 1. The molecule has 6 nitrogen and oxygen atoms in total. The van der Waals surface area contributed by atoms with Gasteiger partial charge in [-0.25, -0.2) is 0 Å². The van der Waals surface area contributed by atoms with E-state index in [0.29, 0.717) is 13.0 Å².